The van der Waals surface area contributed by atoms with Gasteiger partial charge in [-0.25, -0.2) is 4.79 Å². The number of carboxylic acids is 1. The van der Waals surface area contributed by atoms with Gasteiger partial charge in [-0.1, -0.05) is 0 Å². The van der Waals surface area contributed by atoms with Gasteiger partial charge in [0, 0.05) is 18.5 Å². The van der Waals surface area contributed by atoms with E-state index in [0.29, 0.717) is 11.1 Å². The Morgan fingerprint density at radius 1 is 1.37 bits per heavy atom. The van der Waals surface area contributed by atoms with Gasteiger partial charge in [0.05, 0.1) is 6.10 Å². The third kappa shape index (κ3) is 2.53. The van der Waals surface area contributed by atoms with Crippen molar-refractivity contribution < 1.29 is 24.9 Å². The summed E-state index contributed by atoms with van der Waals surface area (Å²) in [5.74, 6) is -1.50. The minimum atomic E-state index is -1.12. The van der Waals surface area contributed by atoms with Crippen LogP contribution in [0.1, 0.15) is 22.3 Å². The van der Waals surface area contributed by atoms with Gasteiger partial charge in [0.2, 0.25) is 0 Å². The van der Waals surface area contributed by atoms with Gasteiger partial charge in [0.15, 0.2) is 0 Å². The van der Waals surface area contributed by atoms with E-state index in [-0.39, 0.29) is 18.7 Å². The summed E-state index contributed by atoms with van der Waals surface area (Å²) in [5.41, 5.74) is 0.841. The molecule has 19 heavy (non-hydrogen) atoms. The number of carbonyl (C=O) groups excluding carboxylic acids is 1. The average molecular weight is 265 g/mol. The summed E-state index contributed by atoms with van der Waals surface area (Å²) >= 11 is 0. The number of aliphatic hydroxyl groups excluding tert-OH is 1. The van der Waals surface area contributed by atoms with E-state index in [1.165, 1.54) is 18.2 Å². The van der Waals surface area contributed by atoms with Crippen molar-refractivity contribution in [1.82, 2.24) is 4.90 Å². The largest absolute Gasteiger partial charge is 0.508 e. The van der Waals surface area contributed by atoms with Gasteiger partial charge < -0.3 is 20.2 Å². The normalized spacial score (nSPS) is 22.5. The predicted octanol–water partition coefficient (Wildman–Crippen LogP) is 0.361. The lowest BCUT2D eigenvalue weighted by Crippen LogP contribution is -2.40. The number of carbonyl (C=O) groups is 2. The first-order chi connectivity index (χ1) is 8.90. The molecule has 1 unspecified atom stereocenters. The molecule has 1 saturated heterocycles. The summed E-state index contributed by atoms with van der Waals surface area (Å²) in [6.07, 6.45) is -0.777. The third-order valence-electron chi connectivity index (χ3n) is 3.27. The first kappa shape index (κ1) is 13.4. The number of phenols is 1. The van der Waals surface area contributed by atoms with E-state index in [0.717, 1.165) is 4.90 Å². The lowest BCUT2D eigenvalue weighted by atomic mass is 10.1. The highest BCUT2D eigenvalue weighted by atomic mass is 16.4. The van der Waals surface area contributed by atoms with Crippen LogP contribution in [0.4, 0.5) is 0 Å². The van der Waals surface area contributed by atoms with Crippen LogP contribution >= 0.6 is 0 Å². The molecule has 2 atom stereocenters. The molecule has 0 aliphatic carbocycles. The van der Waals surface area contributed by atoms with Gasteiger partial charge in [-0.2, -0.15) is 0 Å². The lowest BCUT2D eigenvalue weighted by Gasteiger charge is -2.21. The number of amides is 1. The van der Waals surface area contributed by atoms with Crippen molar-refractivity contribution in [3.05, 3.63) is 29.3 Å². The fraction of sp³-hybridized carbons (Fsp3) is 0.385. The third-order valence-corrected chi connectivity index (χ3v) is 3.27. The number of hydrogen-bond donors (Lipinski definition) is 3. The van der Waals surface area contributed by atoms with Gasteiger partial charge in [-0.3, -0.25) is 4.79 Å². The molecule has 1 aliphatic heterocycles. The van der Waals surface area contributed by atoms with Crippen LogP contribution in [-0.2, 0) is 4.79 Å². The number of phenolic OH excluding ortho intramolecular Hbond substituents is 1. The number of β-amino-alcohol motifs (C(OH)–C–C–N with tert-alkyl or cyclic N) is 1. The quantitative estimate of drug-likeness (QED) is 0.717. The molecule has 1 aromatic carbocycles. The topological polar surface area (TPSA) is 98.1 Å². The van der Waals surface area contributed by atoms with Crippen LogP contribution in [0, 0.1) is 6.92 Å². The Hall–Kier alpha value is -2.08. The second kappa shape index (κ2) is 4.89. The second-order valence-corrected chi connectivity index (χ2v) is 4.70. The molecule has 6 nitrogen and oxygen atoms in total. The highest BCUT2D eigenvalue weighted by molar-refractivity contribution is 5.97. The summed E-state index contributed by atoms with van der Waals surface area (Å²) in [4.78, 5) is 24.5. The van der Waals surface area contributed by atoms with Crippen molar-refractivity contribution in [1.29, 1.82) is 0 Å². The Balaban J connectivity index is 2.27. The van der Waals surface area contributed by atoms with Gasteiger partial charge in [0.25, 0.3) is 5.91 Å². The zero-order chi connectivity index (χ0) is 14.2. The van der Waals surface area contributed by atoms with Crippen molar-refractivity contribution in [3.63, 3.8) is 0 Å². The molecule has 0 radical (unpaired) electrons. The maximum Gasteiger partial charge on any atom is 0.326 e. The number of carboxylic acid groups (broad SMARTS) is 1. The smallest absolute Gasteiger partial charge is 0.326 e. The Kier molecular flexibility index (Phi) is 3.44. The van der Waals surface area contributed by atoms with Crippen molar-refractivity contribution in [2.75, 3.05) is 6.54 Å². The van der Waals surface area contributed by atoms with Crippen LogP contribution in [-0.4, -0.2) is 50.8 Å². The van der Waals surface area contributed by atoms with E-state index in [2.05, 4.69) is 0 Å². The molecule has 1 aliphatic rings. The van der Waals surface area contributed by atoms with Crippen LogP contribution in [0.2, 0.25) is 0 Å². The van der Waals surface area contributed by atoms with Crippen molar-refractivity contribution in [2.45, 2.75) is 25.5 Å². The van der Waals surface area contributed by atoms with E-state index in [1.54, 1.807) is 6.92 Å². The van der Waals surface area contributed by atoms with Crippen LogP contribution in [0.15, 0.2) is 18.2 Å². The zero-order valence-corrected chi connectivity index (χ0v) is 10.4. The van der Waals surface area contributed by atoms with Crippen LogP contribution < -0.4 is 0 Å². The average Bonchev–Trinajstić information content (AvgIpc) is 2.74. The van der Waals surface area contributed by atoms with Gasteiger partial charge in [0.1, 0.15) is 11.8 Å². The highest BCUT2D eigenvalue weighted by Gasteiger charge is 2.39. The number of aliphatic carboxylic acids is 1. The number of rotatable bonds is 2. The highest BCUT2D eigenvalue weighted by Crippen LogP contribution is 2.23. The van der Waals surface area contributed by atoms with E-state index in [4.69, 9.17) is 5.11 Å². The SMILES string of the molecule is Cc1cc(C(=O)N2CC(O)C[C@H]2C(=O)O)ccc1O. The molecule has 1 aromatic rings. The maximum atomic E-state index is 12.2. The molecular weight excluding hydrogens is 250 g/mol. The standard InChI is InChI=1S/C13H15NO5/c1-7-4-8(2-3-11(7)16)12(17)14-6-9(15)5-10(14)13(18)19/h2-4,9-10,15-16H,5-6H2,1H3,(H,18,19)/t9?,10-/m0/s1. The molecule has 0 bridgehead atoms. The Morgan fingerprint density at radius 2 is 2.05 bits per heavy atom. The zero-order valence-electron chi connectivity index (χ0n) is 10.4. The number of nitrogens with zero attached hydrogens (tertiary/aromatic N) is 1. The van der Waals surface area contributed by atoms with Crippen molar-refractivity contribution in [3.8, 4) is 5.75 Å². The molecule has 3 N–H and O–H groups in total. The summed E-state index contributed by atoms with van der Waals surface area (Å²) in [6, 6.07) is 3.33. The molecule has 1 fully saturated rings. The number of aromatic hydroxyl groups is 1. The minimum absolute atomic E-state index is 0.00965. The fourth-order valence-corrected chi connectivity index (χ4v) is 2.23. The van der Waals surface area contributed by atoms with E-state index >= 15 is 0 Å². The Labute approximate surface area is 109 Å². The summed E-state index contributed by atoms with van der Waals surface area (Å²) in [6.45, 7) is 1.66. The number of hydrogen-bond acceptors (Lipinski definition) is 4. The van der Waals surface area contributed by atoms with Crippen molar-refractivity contribution in [2.24, 2.45) is 0 Å². The molecule has 1 heterocycles. The van der Waals surface area contributed by atoms with E-state index in [9.17, 15) is 19.8 Å². The molecule has 0 spiro atoms. The molecule has 2 rings (SSSR count). The van der Waals surface area contributed by atoms with E-state index in [1.807, 2.05) is 0 Å². The predicted molar refractivity (Wildman–Crippen MR) is 65.9 cm³/mol. The van der Waals surface area contributed by atoms with Crippen LogP contribution in [0.5, 0.6) is 5.75 Å². The molecule has 0 aromatic heterocycles. The van der Waals surface area contributed by atoms with Crippen LogP contribution in [0.25, 0.3) is 0 Å². The number of aryl methyl sites for hydroxylation is 1. The number of aliphatic hydroxyl groups is 1. The maximum absolute atomic E-state index is 12.2. The second-order valence-electron chi connectivity index (χ2n) is 4.70. The van der Waals surface area contributed by atoms with Gasteiger partial charge in [-0.15, -0.1) is 0 Å². The van der Waals surface area contributed by atoms with Gasteiger partial charge >= 0.3 is 5.97 Å². The first-order valence-corrected chi connectivity index (χ1v) is 5.91. The van der Waals surface area contributed by atoms with Gasteiger partial charge in [-0.05, 0) is 30.7 Å². The van der Waals surface area contributed by atoms with Crippen LogP contribution in [0.3, 0.4) is 0 Å². The summed E-state index contributed by atoms with van der Waals surface area (Å²) in [7, 11) is 0. The lowest BCUT2D eigenvalue weighted by molar-refractivity contribution is -0.141. The molecular formula is C13H15NO5. The Bertz CT molecular complexity index is 528. The number of likely N-dealkylation sites (tertiary alicyclic amines) is 1. The molecule has 0 saturated carbocycles. The Morgan fingerprint density at radius 3 is 2.63 bits per heavy atom. The number of benzene rings is 1. The van der Waals surface area contributed by atoms with Crippen molar-refractivity contribution >= 4 is 11.9 Å². The molecule has 6 heteroatoms. The molecule has 1 amide bonds. The monoisotopic (exact) mass is 265 g/mol. The minimum Gasteiger partial charge on any atom is -0.508 e. The summed E-state index contributed by atoms with van der Waals surface area (Å²) < 4.78 is 0. The van der Waals surface area contributed by atoms with E-state index < -0.39 is 24.0 Å². The summed E-state index contributed by atoms with van der Waals surface area (Å²) in [5, 5.41) is 28.0. The fourth-order valence-electron chi connectivity index (χ4n) is 2.23. The molecule has 102 valence electrons. The first-order valence-electron chi connectivity index (χ1n) is 5.91.